The first-order valence-electron chi connectivity index (χ1n) is 3.56. The van der Waals surface area contributed by atoms with E-state index >= 15 is 0 Å². The monoisotopic (exact) mass is 202 g/mol. The fourth-order valence-corrected chi connectivity index (χ4v) is 1.12. The number of halogens is 4. The van der Waals surface area contributed by atoms with Gasteiger partial charge in [0.2, 0.25) is 11.9 Å². The summed E-state index contributed by atoms with van der Waals surface area (Å²) in [7, 11) is 0. The Morgan fingerprint density at radius 3 is 2.21 bits per heavy atom. The molecule has 1 aromatic carbocycles. The van der Waals surface area contributed by atoms with Crippen LogP contribution >= 0.6 is 0 Å². The van der Waals surface area contributed by atoms with E-state index in [1.54, 1.807) is 0 Å². The molecule has 6 heteroatoms. The van der Waals surface area contributed by atoms with Gasteiger partial charge in [-0.3, -0.25) is 0 Å². The maximum Gasteiger partial charge on any atom is 0.244 e. The van der Waals surface area contributed by atoms with Gasteiger partial charge in [0.15, 0.2) is 11.6 Å². The summed E-state index contributed by atoms with van der Waals surface area (Å²) in [6.07, 6.45) is 0. The van der Waals surface area contributed by atoms with Gasteiger partial charge in [0.25, 0.3) is 0 Å². The average Bonchev–Trinajstić information content (AvgIpc) is 2.16. The second-order valence-corrected chi connectivity index (χ2v) is 2.57. The van der Waals surface area contributed by atoms with E-state index in [0.717, 1.165) is 6.07 Å². The molecule has 0 saturated heterocycles. The summed E-state index contributed by atoms with van der Waals surface area (Å²) in [5, 5.41) is 4.25. The minimum Gasteiger partial charge on any atom is -0.204 e. The number of fused-ring (bicyclic) bond motifs is 1. The Morgan fingerprint density at radius 1 is 0.857 bits per heavy atom. The highest BCUT2D eigenvalue weighted by Gasteiger charge is 2.16. The third-order valence-corrected chi connectivity index (χ3v) is 1.75. The number of nitrogens with zero attached hydrogens (tertiary/aromatic N) is 2. The second-order valence-electron chi connectivity index (χ2n) is 2.57. The third kappa shape index (κ3) is 1.11. The van der Waals surface area contributed by atoms with Crippen LogP contribution in [0.5, 0.6) is 0 Å². The lowest BCUT2D eigenvalue weighted by atomic mass is 10.2. The summed E-state index contributed by atoms with van der Waals surface area (Å²) in [5.41, 5.74) is 0. The maximum absolute atomic E-state index is 13.0. The topological polar surface area (TPSA) is 25.8 Å². The zero-order chi connectivity index (χ0) is 10.3. The van der Waals surface area contributed by atoms with Gasteiger partial charge in [-0.25, -0.2) is 8.78 Å². The van der Waals surface area contributed by atoms with Crippen molar-refractivity contribution in [2.24, 2.45) is 0 Å². The highest BCUT2D eigenvalue weighted by Crippen LogP contribution is 2.22. The molecule has 1 heterocycles. The first-order chi connectivity index (χ1) is 6.61. The van der Waals surface area contributed by atoms with Crippen LogP contribution in [-0.2, 0) is 0 Å². The van der Waals surface area contributed by atoms with E-state index in [9.17, 15) is 17.6 Å². The Labute approximate surface area is 75.2 Å². The molecule has 0 bridgehead atoms. The molecular weight excluding hydrogens is 200 g/mol. The molecule has 1 aromatic heterocycles. The Morgan fingerprint density at radius 2 is 1.50 bits per heavy atom. The van der Waals surface area contributed by atoms with Crippen LogP contribution in [0.4, 0.5) is 17.6 Å². The summed E-state index contributed by atoms with van der Waals surface area (Å²) in [5.74, 6) is -5.20. The lowest BCUT2D eigenvalue weighted by Gasteiger charge is -2.00. The summed E-state index contributed by atoms with van der Waals surface area (Å²) in [6, 6.07) is 1.60. The molecule has 0 fully saturated rings. The van der Waals surface area contributed by atoms with E-state index in [1.165, 1.54) is 0 Å². The van der Waals surface area contributed by atoms with Crippen LogP contribution in [0.3, 0.4) is 0 Å². The van der Waals surface area contributed by atoms with Crippen molar-refractivity contribution in [2.75, 3.05) is 0 Å². The smallest absolute Gasteiger partial charge is 0.204 e. The van der Waals surface area contributed by atoms with Crippen LogP contribution in [0.1, 0.15) is 0 Å². The van der Waals surface area contributed by atoms with E-state index in [0.29, 0.717) is 6.07 Å². The second kappa shape index (κ2) is 2.90. The van der Waals surface area contributed by atoms with Gasteiger partial charge in [-0.1, -0.05) is 0 Å². The van der Waals surface area contributed by atoms with Crippen LogP contribution in [0.2, 0.25) is 0 Å². The molecule has 0 N–H and O–H groups in total. The Balaban J connectivity index is 3.01. The lowest BCUT2D eigenvalue weighted by Crippen LogP contribution is -1.98. The Hall–Kier alpha value is -1.72. The van der Waals surface area contributed by atoms with Crippen molar-refractivity contribution in [2.45, 2.75) is 0 Å². The molecule has 0 aliphatic rings. The molecule has 0 radical (unpaired) electrons. The zero-order valence-corrected chi connectivity index (χ0v) is 6.56. The molecule has 0 unspecified atom stereocenters. The largest absolute Gasteiger partial charge is 0.244 e. The molecule has 2 aromatic rings. The molecule has 2 rings (SSSR count). The molecule has 2 nitrogen and oxygen atoms in total. The minimum absolute atomic E-state index is 0.434. The van der Waals surface area contributed by atoms with Crippen molar-refractivity contribution in [3.8, 4) is 0 Å². The fraction of sp³-hybridized carbons (Fsp3) is 0. The summed E-state index contributed by atoms with van der Waals surface area (Å²) in [4.78, 5) is 0. The lowest BCUT2D eigenvalue weighted by molar-refractivity contribution is 0.494. The van der Waals surface area contributed by atoms with Gasteiger partial charge < -0.3 is 0 Å². The van der Waals surface area contributed by atoms with Crippen LogP contribution < -0.4 is 0 Å². The van der Waals surface area contributed by atoms with Crippen LogP contribution in [0.15, 0.2) is 12.1 Å². The molecule has 0 spiro atoms. The normalized spacial score (nSPS) is 10.9. The standard InChI is InChI=1S/C8H2F4N2/c9-4-2-1-3-5(6(4)10)8(12)14-13-7(3)11/h1-2H. The van der Waals surface area contributed by atoms with Gasteiger partial charge in [0, 0.05) is 5.39 Å². The number of aromatic nitrogens is 2. The quantitative estimate of drug-likeness (QED) is 0.612. The molecule has 0 saturated carbocycles. The van der Waals surface area contributed by atoms with Crippen LogP contribution in [0.25, 0.3) is 10.8 Å². The highest BCUT2D eigenvalue weighted by molar-refractivity contribution is 5.82. The van der Waals surface area contributed by atoms with Crippen molar-refractivity contribution < 1.29 is 17.6 Å². The van der Waals surface area contributed by atoms with Crippen molar-refractivity contribution in [1.82, 2.24) is 10.2 Å². The van der Waals surface area contributed by atoms with E-state index in [2.05, 4.69) is 10.2 Å². The van der Waals surface area contributed by atoms with Gasteiger partial charge in [-0.15, -0.1) is 10.2 Å². The molecule has 72 valence electrons. The van der Waals surface area contributed by atoms with Crippen molar-refractivity contribution in [3.63, 3.8) is 0 Å². The van der Waals surface area contributed by atoms with Gasteiger partial charge in [0.1, 0.15) is 0 Å². The highest BCUT2D eigenvalue weighted by atomic mass is 19.2. The minimum atomic E-state index is -1.46. The summed E-state index contributed by atoms with van der Waals surface area (Å²) >= 11 is 0. The molecule has 0 amide bonds. The molecule has 0 aliphatic carbocycles. The van der Waals surface area contributed by atoms with Gasteiger partial charge >= 0.3 is 0 Å². The van der Waals surface area contributed by atoms with Crippen molar-refractivity contribution in [1.29, 1.82) is 0 Å². The SMILES string of the molecule is Fc1ccc2c(F)nnc(F)c2c1F. The Bertz CT molecular complexity index is 512. The van der Waals surface area contributed by atoms with Crippen LogP contribution in [-0.4, -0.2) is 10.2 Å². The predicted octanol–water partition coefficient (Wildman–Crippen LogP) is 2.19. The summed E-state index contributed by atoms with van der Waals surface area (Å²) in [6.45, 7) is 0. The van der Waals surface area contributed by atoms with Crippen molar-refractivity contribution in [3.05, 3.63) is 35.7 Å². The van der Waals surface area contributed by atoms with Crippen molar-refractivity contribution >= 4 is 10.8 Å². The maximum atomic E-state index is 13.0. The summed E-state index contributed by atoms with van der Waals surface area (Å²) < 4.78 is 51.3. The van der Waals surface area contributed by atoms with E-state index in [-0.39, 0.29) is 0 Å². The fourth-order valence-electron chi connectivity index (χ4n) is 1.12. The first kappa shape index (κ1) is 8.86. The van der Waals surface area contributed by atoms with Gasteiger partial charge in [-0.2, -0.15) is 8.78 Å². The van der Waals surface area contributed by atoms with Gasteiger partial charge in [-0.05, 0) is 12.1 Å². The molecule has 0 atom stereocenters. The Kier molecular flexibility index (Phi) is 1.83. The molecule has 0 aliphatic heterocycles. The predicted molar refractivity (Wildman–Crippen MR) is 39.4 cm³/mol. The number of benzene rings is 1. The number of hydrogen-bond acceptors (Lipinski definition) is 2. The zero-order valence-electron chi connectivity index (χ0n) is 6.56. The average molecular weight is 202 g/mol. The number of hydrogen-bond donors (Lipinski definition) is 0. The van der Waals surface area contributed by atoms with Gasteiger partial charge in [0.05, 0.1) is 5.39 Å². The third-order valence-electron chi connectivity index (χ3n) is 1.75. The van der Waals surface area contributed by atoms with E-state index < -0.39 is 34.3 Å². The molecular formula is C8H2F4N2. The van der Waals surface area contributed by atoms with Crippen LogP contribution in [0, 0.1) is 23.5 Å². The van der Waals surface area contributed by atoms with E-state index in [4.69, 9.17) is 0 Å². The van der Waals surface area contributed by atoms with E-state index in [1.807, 2.05) is 0 Å². The molecule has 14 heavy (non-hydrogen) atoms. The number of rotatable bonds is 0. The first-order valence-corrected chi connectivity index (χ1v) is 3.56.